The largest absolute Gasteiger partial charge is 0.422 e. The molecular formula is C12H12F4N4O. The lowest BCUT2D eigenvalue weighted by Crippen LogP contribution is -2.43. The Morgan fingerprint density at radius 1 is 1.38 bits per heavy atom. The highest BCUT2D eigenvalue weighted by Crippen LogP contribution is 2.30. The van der Waals surface area contributed by atoms with Gasteiger partial charge in [0.2, 0.25) is 11.8 Å². The van der Waals surface area contributed by atoms with E-state index in [1.807, 2.05) is 0 Å². The maximum atomic E-state index is 13.3. The molecule has 5 nitrogen and oxygen atoms in total. The van der Waals surface area contributed by atoms with Gasteiger partial charge in [0.25, 0.3) is 5.91 Å². The van der Waals surface area contributed by atoms with Crippen molar-refractivity contribution in [2.45, 2.75) is 43.6 Å². The molecule has 1 aromatic heterocycles. The van der Waals surface area contributed by atoms with Crippen molar-refractivity contribution in [1.29, 1.82) is 0 Å². The summed E-state index contributed by atoms with van der Waals surface area (Å²) >= 11 is 0. The quantitative estimate of drug-likeness (QED) is 0.637. The maximum Gasteiger partial charge on any atom is 0.422 e. The minimum atomic E-state index is -4.88. The smallest absolute Gasteiger partial charge is 0.345 e. The van der Waals surface area contributed by atoms with Gasteiger partial charge in [0.1, 0.15) is 5.56 Å². The van der Waals surface area contributed by atoms with Crippen LogP contribution in [-0.2, 0) is 6.18 Å². The monoisotopic (exact) mass is 304 g/mol. The predicted molar refractivity (Wildman–Crippen MR) is 62.8 cm³/mol. The van der Waals surface area contributed by atoms with Crippen molar-refractivity contribution in [3.05, 3.63) is 23.5 Å². The fourth-order valence-corrected chi connectivity index (χ4v) is 2.88. The van der Waals surface area contributed by atoms with Crippen molar-refractivity contribution >= 4 is 5.91 Å². The molecule has 2 aliphatic rings. The molecule has 0 aliphatic carbocycles. The highest BCUT2D eigenvalue weighted by molar-refractivity contribution is 5.90. The van der Waals surface area contributed by atoms with E-state index in [2.05, 4.69) is 20.6 Å². The maximum absolute atomic E-state index is 13.3. The van der Waals surface area contributed by atoms with Gasteiger partial charge in [-0.3, -0.25) is 4.79 Å². The van der Waals surface area contributed by atoms with E-state index in [1.54, 1.807) is 0 Å². The predicted octanol–water partition coefficient (Wildman–Crippen LogP) is 1.26. The first-order valence-corrected chi connectivity index (χ1v) is 6.51. The Bertz CT molecular complexity index is 577. The van der Waals surface area contributed by atoms with E-state index >= 15 is 0 Å². The van der Waals surface area contributed by atoms with Crippen LogP contribution in [0.25, 0.3) is 0 Å². The number of carbonyl (C=O) groups is 1. The summed E-state index contributed by atoms with van der Waals surface area (Å²) in [6.45, 7) is 0. The molecule has 3 atom stereocenters. The van der Waals surface area contributed by atoms with Crippen molar-refractivity contribution < 1.29 is 22.4 Å². The third kappa shape index (κ3) is 2.69. The summed E-state index contributed by atoms with van der Waals surface area (Å²) in [7, 11) is 0. The van der Waals surface area contributed by atoms with Gasteiger partial charge in [-0.15, -0.1) is 0 Å². The zero-order valence-corrected chi connectivity index (χ0v) is 10.7. The van der Waals surface area contributed by atoms with E-state index in [0.29, 0.717) is 6.04 Å². The number of fused-ring (bicyclic) bond motifs is 2. The molecule has 0 radical (unpaired) electrons. The highest BCUT2D eigenvalue weighted by atomic mass is 19.4. The average molecular weight is 304 g/mol. The molecule has 2 fully saturated rings. The van der Waals surface area contributed by atoms with E-state index < -0.39 is 29.4 Å². The lowest BCUT2D eigenvalue weighted by atomic mass is 9.95. The van der Waals surface area contributed by atoms with Crippen molar-refractivity contribution in [3.8, 4) is 0 Å². The molecule has 0 spiro atoms. The van der Waals surface area contributed by atoms with E-state index in [1.165, 1.54) is 0 Å². The van der Waals surface area contributed by atoms with Crippen LogP contribution in [0.5, 0.6) is 0 Å². The number of nitrogens with zero attached hydrogens (tertiary/aromatic N) is 2. The van der Waals surface area contributed by atoms with Crippen molar-refractivity contribution in [2.75, 3.05) is 0 Å². The topological polar surface area (TPSA) is 66.9 Å². The van der Waals surface area contributed by atoms with Gasteiger partial charge in [0.05, 0.1) is 0 Å². The Labute approximate surface area is 117 Å². The molecule has 0 unspecified atom stereocenters. The summed E-state index contributed by atoms with van der Waals surface area (Å²) in [6, 6.07) is 0.383. The molecule has 1 amide bonds. The van der Waals surface area contributed by atoms with Gasteiger partial charge in [0, 0.05) is 24.3 Å². The van der Waals surface area contributed by atoms with Crippen LogP contribution in [0.15, 0.2) is 6.20 Å². The van der Waals surface area contributed by atoms with E-state index in [9.17, 15) is 22.4 Å². The Morgan fingerprint density at radius 3 is 2.67 bits per heavy atom. The Morgan fingerprint density at radius 2 is 2.14 bits per heavy atom. The van der Waals surface area contributed by atoms with Crippen LogP contribution in [-0.4, -0.2) is 34.0 Å². The van der Waals surface area contributed by atoms with E-state index in [0.717, 1.165) is 19.3 Å². The van der Waals surface area contributed by atoms with E-state index in [4.69, 9.17) is 0 Å². The summed E-state index contributed by atoms with van der Waals surface area (Å²) in [5.74, 6) is -3.10. The Kier molecular flexibility index (Phi) is 3.31. The minimum Gasteiger partial charge on any atom is -0.345 e. The van der Waals surface area contributed by atoms with Crippen LogP contribution in [0.3, 0.4) is 0 Å². The number of carbonyl (C=O) groups excluding carboxylic acids is 1. The van der Waals surface area contributed by atoms with E-state index in [-0.39, 0.29) is 18.3 Å². The summed E-state index contributed by atoms with van der Waals surface area (Å²) in [5, 5.41) is 5.93. The van der Waals surface area contributed by atoms with Gasteiger partial charge in [-0.1, -0.05) is 0 Å². The van der Waals surface area contributed by atoms with Crippen molar-refractivity contribution in [3.63, 3.8) is 0 Å². The van der Waals surface area contributed by atoms with Crippen LogP contribution in [0.4, 0.5) is 17.6 Å². The fourth-order valence-electron chi connectivity index (χ4n) is 2.88. The number of aromatic nitrogens is 2. The van der Waals surface area contributed by atoms with Gasteiger partial charge in [-0.05, 0) is 19.3 Å². The molecule has 114 valence electrons. The molecule has 9 heteroatoms. The molecule has 3 rings (SSSR count). The zero-order chi connectivity index (χ0) is 15.2. The van der Waals surface area contributed by atoms with Gasteiger partial charge in [-0.25, -0.2) is 4.98 Å². The average Bonchev–Trinajstić information content (AvgIpc) is 2.99. The van der Waals surface area contributed by atoms with Crippen molar-refractivity contribution in [1.82, 2.24) is 20.6 Å². The first kappa shape index (κ1) is 14.2. The fraction of sp³-hybridized carbons (Fsp3) is 0.583. The van der Waals surface area contributed by atoms with Crippen LogP contribution in [0.2, 0.25) is 0 Å². The van der Waals surface area contributed by atoms with Crippen LogP contribution < -0.4 is 10.6 Å². The Balaban J connectivity index is 1.72. The Hall–Kier alpha value is -1.77. The highest BCUT2D eigenvalue weighted by Gasteiger charge is 2.40. The molecule has 2 bridgehead atoms. The molecule has 0 saturated carbocycles. The van der Waals surface area contributed by atoms with Gasteiger partial charge >= 0.3 is 6.18 Å². The normalized spacial score (nSPS) is 27.9. The lowest BCUT2D eigenvalue weighted by molar-refractivity contribution is -0.140. The molecule has 2 N–H and O–H groups in total. The molecule has 2 saturated heterocycles. The summed E-state index contributed by atoms with van der Waals surface area (Å²) in [4.78, 5) is 18.2. The van der Waals surface area contributed by atoms with Crippen LogP contribution >= 0.6 is 0 Å². The third-order valence-electron chi connectivity index (χ3n) is 3.87. The molecule has 0 aromatic carbocycles. The molecule has 21 heavy (non-hydrogen) atoms. The lowest BCUT2D eigenvalue weighted by Gasteiger charge is -2.21. The molecular weight excluding hydrogens is 292 g/mol. The summed E-state index contributed by atoms with van der Waals surface area (Å²) < 4.78 is 50.5. The zero-order valence-electron chi connectivity index (χ0n) is 10.7. The molecule has 1 aromatic rings. The van der Waals surface area contributed by atoms with Crippen LogP contribution in [0, 0.1) is 5.95 Å². The number of rotatable bonds is 2. The summed E-state index contributed by atoms with van der Waals surface area (Å²) in [5.41, 5.74) is -1.58. The minimum absolute atomic E-state index is 0.120. The number of nitrogens with one attached hydrogen (secondary N) is 2. The van der Waals surface area contributed by atoms with Gasteiger partial charge in [0.15, 0.2) is 0 Å². The number of alkyl halides is 3. The van der Waals surface area contributed by atoms with Gasteiger partial charge < -0.3 is 10.6 Å². The van der Waals surface area contributed by atoms with Crippen molar-refractivity contribution in [2.24, 2.45) is 0 Å². The second-order valence-corrected chi connectivity index (χ2v) is 5.26. The SMILES string of the molecule is O=C(N[C@@H]1C[C@H]2CC[C@@H]1N2)c1ncc(C(F)(F)F)c(F)n1. The number of amides is 1. The number of halogens is 4. The van der Waals surface area contributed by atoms with Crippen LogP contribution in [0.1, 0.15) is 35.4 Å². The van der Waals surface area contributed by atoms with Gasteiger partial charge in [-0.2, -0.15) is 22.5 Å². The summed E-state index contributed by atoms with van der Waals surface area (Å²) in [6.07, 6.45) is -1.87. The number of hydrogen-bond acceptors (Lipinski definition) is 4. The first-order valence-electron chi connectivity index (χ1n) is 6.51. The second kappa shape index (κ2) is 4.90. The first-order chi connectivity index (χ1) is 9.84. The molecule has 2 aliphatic heterocycles. The standard InChI is InChI=1S/C12H12F4N4O/c13-9-6(12(14,15)16)4-17-10(20-9)11(21)19-8-3-5-1-2-7(8)18-5/h4-5,7-8,18H,1-3H2,(H,19,21)/t5-,7+,8-/m1/s1. The third-order valence-corrected chi connectivity index (χ3v) is 3.87. The molecule has 3 heterocycles. The number of hydrogen-bond donors (Lipinski definition) is 2. The second-order valence-electron chi connectivity index (χ2n) is 5.26.